The van der Waals surface area contributed by atoms with Crippen LogP contribution in [0.15, 0.2) is 42.5 Å². The molecule has 29 heavy (non-hydrogen) atoms. The van der Waals surface area contributed by atoms with Crippen molar-refractivity contribution >= 4 is 23.5 Å². The third-order valence-corrected chi connectivity index (χ3v) is 5.92. The molecule has 4 amide bonds. The Morgan fingerprint density at radius 3 is 2.69 bits per heavy atom. The number of urea groups is 1. The van der Waals surface area contributed by atoms with Gasteiger partial charge in [-0.25, -0.2) is 4.79 Å². The van der Waals surface area contributed by atoms with Crippen LogP contribution in [-0.2, 0) is 34.4 Å². The first-order chi connectivity index (χ1) is 13.9. The van der Waals surface area contributed by atoms with Gasteiger partial charge in [-0.3, -0.25) is 14.5 Å². The number of benzene rings is 2. The van der Waals surface area contributed by atoms with Crippen molar-refractivity contribution in [1.29, 1.82) is 0 Å². The summed E-state index contributed by atoms with van der Waals surface area (Å²) < 4.78 is 0. The zero-order chi connectivity index (χ0) is 20.6. The SMILES string of the molecule is CCc1ccccc1NC(=O)CN1C(=O)NC(C)(c2ccc3c(c2)CCC3)C1=O. The Balaban J connectivity index is 1.51. The van der Waals surface area contributed by atoms with E-state index in [0.29, 0.717) is 5.69 Å². The average molecular weight is 391 g/mol. The number of carbonyl (C=O) groups is 3. The molecule has 2 aliphatic rings. The first-order valence-electron chi connectivity index (χ1n) is 10.1. The highest BCUT2D eigenvalue weighted by molar-refractivity contribution is 6.10. The maximum Gasteiger partial charge on any atom is 0.325 e. The van der Waals surface area contributed by atoms with E-state index in [0.717, 1.165) is 41.7 Å². The number of fused-ring (bicyclic) bond motifs is 1. The molecule has 6 heteroatoms. The van der Waals surface area contributed by atoms with Crippen LogP contribution in [0.2, 0.25) is 0 Å². The Morgan fingerprint density at radius 1 is 1.14 bits per heavy atom. The predicted octanol–water partition coefficient (Wildman–Crippen LogP) is 3.14. The first kappa shape index (κ1) is 19.2. The fraction of sp³-hybridized carbons (Fsp3) is 0.348. The number of hydrogen-bond acceptors (Lipinski definition) is 3. The highest BCUT2D eigenvalue weighted by atomic mass is 16.2. The van der Waals surface area contributed by atoms with Gasteiger partial charge in [0, 0.05) is 5.69 Å². The molecule has 1 saturated heterocycles. The lowest BCUT2D eigenvalue weighted by Gasteiger charge is -2.23. The van der Waals surface area contributed by atoms with Gasteiger partial charge in [0.05, 0.1) is 0 Å². The molecule has 0 aromatic heterocycles. The number of rotatable bonds is 5. The first-order valence-corrected chi connectivity index (χ1v) is 10.1. The van der Waals surface area contributed by atoms with E-state index in [1.165, 1.54) is 11.1 Å². The maximum absolute atomic E-state index is 13.1. The fourth-order valence-electron chi connectivity index (χ4n) is 4.20. The normalized spacial score (nSPS) is 20.6. The second-order valence-corrected chi connectivity index (χ2v) is 7.84. The van der Waals surface area contributed by atoms with Crippen LogP contribution in [0.1, 0.15) is 42.5 Å². The summed E-state index contributed by atoms with van der Waals surface area (Å²) in [5, 5.41) is 5.60. The number of nitrogens with zero attached hydrogens (tertiary/aromatic N) is 1. The number of amides is 4. The molecule has 0 radical (unpaired) electrons. The van der Waals surface area contributed by atoms with Crippen molar-refractivity contribution in [1.82, 2.24) is 10.2 Å². The van der Waals surface area contributed by atoms with Gasteiger partial charge in [0.15, 0.2) is 0 Å². The topological polar surface area (TPSA) is 78.5 Å². The summed E-state index contributed by atoms with van der Waals surface area (Å²) in [4.78, 5) is 39.2. The number of anilines is 1. The van der Waals surface area contributed by atoms with Crippen LogP contribution < -0.4 is 10.6 Å². The molecule has 1 atom stereocenters. The van der Waals surface area contributed by atoms with Gasteiger partial charge in [0.25, 0.3) is 5.91 Å². The minimum atomic E-state index is -1.16. The lowest BCUT2D eigenvalue weighted by atomic mass is 9.89. The van der Waals surface area contributed by atoms with Gasteiger partial charge in [-0.1, -0.05) is 43.3 Å². The number of imide groups is 1. The lowest BCUT2D eigenvalue weighted by Crippen LogP contribution is -2.42. The average Bonchev–Trinajstić information content (AvgIpc) is 3.27. The Bertz CT molecular complexity index is 1000. The van der Waals surface area contributed by atoms with Crippen LogP contribution in [0.5, 0.6) is 0 Å². The monoisotopic (exact) mass is 391 g/mol. The summed E-state index contributed by atoms with van der Waals surface area (Å²) >= 11 is 0. The van der Waals surface area contributed by atoms with Crippen LogP contribution in [-0.4, -0.2) is 29.3 Å². The molecule has 2 aromatic rings. The van der Waals surface area contributed by atoms with Gasteiger partial charge < -0.3 is 10.6 Å². The summed E-state index contributed by atoms with van der Waals surface area (Å²) in [6, 6.07) is 12.9. The van der Waals surface area contributed by atoms with E-state index in [1.54, 1.807) is 6.92 Å². The van der Waals surface area contributed by atoms with Crippen molar-refractivity contribution in [3.8, 4) is 0 Å². The maximum atomic E-state index is 13.1. The van der Waals surface area contributed by atoms with Gasteiger partial charge >= 0.3 is 6.03 Å². The quantitative estimate of drug-likeness (QED) is 0.769. The Morgan fingerprint density at radius 2 is 1.90 bits per heavy atom. The predicted molar refractivity (Wildman–Crippen MR) is 111 cm³/mol. The van der Waals surface area contributed by atoms with Crippen molar-refractivity contribution in [2.24, 2.45) is 0 Å². The number of hydrogen-bond donors (Lipinski definition) is 2. The van der Waals surface area contributed by atoms with Crippen molar-refractivity contribution in [3.05, 3.63) is 64.7 Å². The minimum absolute atomic E-state index is 0.316. The molecule has 1 heterocycles. The molecule has 2 N–H and O–H groups in total. The zero-order valence-corrected chi connectivity index (χ0v) is 16.7. The number of aryl methyl sites for hydroxylation is 3. The molecular weight excluding hydrogens is 366 g/mol. The minimum Gasteiger partial charge on any atom is -0.324 e. The third kappa shape index (κ3) is 3.39. The van der Waals surface area contributed by atoms with Crippen LogP contribution in [0.3, 0.4) is 0 Å². The molecule has 150 valence electrons. The summed E-state index contributed by atoms with van der Waals surface area (Å²) in [6.07, 6.45) is 3.93. The third-order valence-electron chi connectivity index (χ3n) is 5.92. The molecule has 0 bridgehead atoms. The number of carbonyl (C=O) groups excluding carboxylic acids is 3. The molecule has 1 unspecified atom stereocenters. The van der Waals surface area contributed by atoms with Crippen LogP contribution in [0.4, 0.5) is 10.5 Å². The summed E-state index contributed by atoms with van der Waals surface area (Å²) in [7, 11) is 0. The molecule has 2 aromatic carbocycles. The van der Waals surface area contributed by atoms with E-state index in [9.17, 15) is 14.4 Å². The summed E-state index contributed by atoms with van der Waals surface area (Å²) in [6.45, 7) is 3.39. The van der Waals surface area contributed by atoms with Crippen molar-refractivity contribution in [2.45, 2.75) is 45.1 Å². The van der Waals surface area contributed by atoms with E-state index < -0.39 is 23.4 Å². The van der Waals surface area contributed by atoms with E-state index >= 15 is 0 Å². The molecule has 0 saturated carbocycles. The van der Waals surface area contributed by atoms with E-state index in [1.807, 2.05) is 49.4 Å². The summed E-state index contributed by atoms with van der Waals surface area (Å²) in [5.41, 5.74) is 3.85. The second-order valence-electron chi connectivity index (χ2n) is 7.84. The Labute approximate surface area is 170 Å². The zero-order valence-electron chi connectivity index (χ0n) is 16.7. The van der Waals surface area contributed by atoms with Gasteiger partial charge in [-0.05, 0) is 60.9 Å². The number of nitrogens with one attached hydrogen (secondary N) is 2. The van der Waals surface area contributed by atoms with E-state index in [-0.39, 0.29) is 6.54 Å². The van der Waals surface area contributed by atoms with Crippen LogP contribution in [0, 0.1) is 0 Å². The molecule has 6 nitrogen and oxygen atoms in total. The number of para-hydroxylation sites is 1. The highest BCUT2D eigenvalue weighted by Crippen LogP contribution is 2.32. The van der Waals surface area contributed by atoms with Crippen LogP contribution in [0.25, 0.3) is 0 Å². The molecule has 4 rings (SSSR count). The fourth-order valence-corrected chi connectivity index (χ4v) is 4.20. The molecule has 1 aliphatic carbocycles. The standard InChI is InChI=1S/C23H25N3O3/c1-3-15-7-4-5-10-19(15)24-20(27)14-26-21(28)23(2,25-22(26)29)18-12-11-16-8-6-9-17(16)13-18/h4-5,7,10-13H,3,6,8-9,14H2,1-2H3,(H,24,27)(H,25,29). The van der Waals surface area contributed by atoms with E-state index in [2.05, 4.69) is 10.6 Å². The largest absolute Gasteiger partial charge is 0.325 e. The van der Waals surface area contributed by atoms with Gasteiger partial charge in [0.1, 0.15) is 12.1 Å². The molecule has 1 fully saturated rings. The van der Waals surface area contributed by atoms with Gasteiger partial charge in [0.2, 0.25) is 5.91 Å². The molecule has 0 spiro atoms. The Hall–Kier alpha value is -3.15. The second kappa shape index (κ2) is 7.35. The summed E-state index contributed by atoms with van der Waals surface area (Å²) in [5.74, 6) is -0.799. The van der Waals surface area contributed by atoms with Crippen molar-refractivity contribution < 1.29 is 14.4 Å². The highest BCUT2D eigenvalue weighted by Gasteiger charge is 2.49. The van der Waals surface area contributed by atoms with Crippen molar-refractivity contribution in [2.75, 3.05) is 11.9 Å². The Kier molecular flexibility index (Phi) is 4.86. The van der Waals surface area contributed by atoms with E-state index in [4.69, 9.17) is 0 Å². The van der Waals surface area contributed by atoms with Crippen LogP contribution >= 0.6 is 0 Å². The lowest BCUT2D eigenvalue weighted by molar-refractivity contribution is -0.133. The molecular formula is C23H25N3O3. The van der Waals surface area contributed by atoms with Gasteiger partial charge in [-0.15, -0.1) is 0 Å². The van der Waals surface area contributed by atoms with Crippen molar-refractivity contribution in [3.63, 3.8) is 0 Å². The molecule has 1 aliphatic heterocycles. The van der Waals surface area contributed by atoms with Gasteiger partial charge in [-0.2, -0.15) is 0 Å². The smallest absolute Gasteiger partial charge is 0.324 e.